The summed E-state index contributed by atoms with van der Waals surface area (Å²) in [7, 11) is 0. The molecule has 1 heterocycles. The van der Waals surface area contributed by atoms with Crippen LogP contribution in [0.15, 0.2) is 35.1 Å². The summed E-state index contributed by atoms with van der Waals surface area (Å²) in [5.74, 6) is 0.673. The first kappa shape index (κ1) is 15.9. The predicted octanol–water partition coefficient (Wildman–Crippen LogP) is 1.81. The van der Waals surface area contributed by atoms with E-state index in [4.69, 9.17) is 0 Å². The molecular formula is C18H23N3O2. The fraction of sp³-hybridized carbons (Fsp3) is 0.444. The van der Waals surface area contributed by atoms with Gasteiger partial charge < -0.3 is 10.1 Å². The molecule has 122 valence electrons. The summed E-state index contributed by atoms with van der Waals surface area (Å²) in [6, 6.07) is 10.3. The summed E-state index contributed by atoms with van der Waals surface area (Å²) in [6.07, 6.45) is 2.84. The monoisotopic (exact) mass is 313 g/mol. The Labute approximate surface area is 136 Å². The summed E-state index contributed by atoms with van der Waals surface area (Å²) in [4.78, 5) is 21.3. The van der Waals surface area contributed by atoms with Crippen LogP contribution in [0.25, 0.3) is 0 Å². The van der Waals surface area contributed by atoms with E-state index in [9.17, 15) is 9.90 Å². The van der Waals surface area contributed by atoms with Gasteiger partial charge in [0, 0.05) is 24.3 Å². The van der Waals surface area contributed by atoms with Gasteiger partial charge in [-0.25, -0.2) is 4.98 Å². The molecule has 5 nitrogen and oxygen atoms in total. The molecule has 23 heavy (non-hydrogen) atoms. The van der Waals surface area contributed by atoms with Gasteiger partial charge in [-0.2, -0.15) is 0 Å². The van der Waals surface area contributed by atoms with Crippen molar-refractivity contribution < 1.29 is 5.11 Å². The fourth-order valence-electron chi connectivity index (χ4n) is 3.40. The van der Waals surface area contributed by atoms with E-state index in [-0.39, 0.29) is 18.2 Å². The van der Waals surface area contributed by atoms with Crippen molar-refractivity contribution in [2.24, 2.45) is 0 Å². The predicted molar refractivity (Wildman–Crippen MR) is 89.2 cm³/mol. The van der Waals surface area contributed by atoms with Crippen LogP contribution in [0.2, 0.25) is 0 Å². The molecule has 0 saturated carbocycles. The molecule has 1 aromatic carbocycles. The second-order valence-electron chi connectivity index (χ2n) is 5.98. The molecule has 0 amide bonds. The van der Waals surface area contributed by atoms with Crippen LogP contribution < -0.4 is 5.56 Å². The number of rotatable bonds is 6. The van der Waals surface area contributed by atoms with Gasteiger partial charge in [0.05, 0.1) is 13.2 Å². The highest BCUT2D eigenvalue weighted by Gasteiger charge is 2.27. The molecule has 1 aromatic heterocycles. The molecule has 1 aliphatic carbocycles. The number of nitrogens with one attached hydrogen (secondary N) is 1. The third-order valence-corrected chi connectivity index (χ3v) is 4.49. The lowest BCUT2D eigenvalue weighted by atomic mass is 10.1. The first-order valence-corrected chi connectivity index (χ1v) is 8.23. The number of hydrogen-bond donors (Lipinski definition) is 2. The van der Waals surface area contributed by atoms with Crippen LogP contribution in [0.1, 0.15) is 42.0 Å². The number of fused-ring (bicyclic) bond motifs is 1. The van der Waals surface area contributed by atoms with E-state index in [1.54, 1.807) is 6.07 Å². The number of aryl methyl sites for hydroxylation is 2. The Morgan fingerprint density at radius 3 is 3.00 bits per heavy atom. The number of H-pyrrole nitrogens is 1. The zero-order valence-corrected chi connectivity index (χ0v) is 13.5. The van der Waals surface area contributed by atoms with Crippen molar-refractivity contribution >= 4 is 0 Å². The Morgan fingerprint density at radius 1 is 1.39 bits per heavy atom. The second kappa shape index (κ2) is 7.06. The third-order valence-electron chi connectivity index (χ3n) is 4.49. The van der Waals surface area contributed by atoms with Crippen LogP contribution in [0, 0.1) is 0 Å². The van der Waals surface area contributed by atoms with Gasteiger partial charge in [-0.15, -0.1) is 0 Å². The van der Waals surface area contributed by atoms with E-state index in [0.717, 1.165) is 25.0 Å². The average Bonchev–Trinajstić information content (AvgIpc) is 2.98. The number of aliphatic hydroxyl groups excluding tert-OH is 1. The van der Waals surface area contributed by atoms with Crippen LogP contribution >= 0.6 is 0 Å². The lowest BCUT2D eigenvalue weighted by Gasteiger charge is -2.28. The van der Waals surface area contributed by atoms with E-state index >= 15 is 0 Å². The van der Waals surface area contributed by atoms with E-state index in [0.29, 0.717) is 18.9 Å². The maximum atomic E-state index is 11.8. The number of aliphatic hydroxyl groups is 1. The normalized spacial score (nSPS) is 16.7. The minimum Gasteiger partial charge on any atom is -0.395 e. The smallest absolute Gasteiger partial charge is 0.251 e. The quantitative estimate of drug-likeness (QED) is 0.853. The molecule has 0 fully saturated rings. The number of nitrogens with zero attached hydrogens (tertiary/aromatic N) is 2. The molecule has 0 bridgehead atoms. The summed E-state index contributed by atoms with van der Waals surface area (Å²) >= 11 is 0. The molecule has 1 atom stereocenters. The van der Waals surface area contributed by atoms with E-state index < -0.39 is 0 Å². The standard InChI is InChI=1S/C18H23N3O2/c1-2-14-11-18(23)20-17(19-14)12-21(9-10-22)16-8-7-13-5-3-4-6-15(13)16/h3-6,11,16,22H,2,7-10,12H2,1H3,(H,19,20,23)/t16-/m1/s1. The van der Waals surface area contributed by atoms with E-state index in [1.165, 1.54) is 11.1 Å². The highest BCUT2D eigenvalue weighted by molar-refractivity contribution is 5.34. The van der Waals surface area contributed by atoms with Crippen LogP contribution in [0.5, 0.6) is 0 Å². The molecule has 0 spiro atoms. The van der Waals surface area contributed by atoms with Crippen molar-refractivity contribution in [2.45, 2.75) is 38.8 Å². The summed E-state index contributed by atoms with van der Waals surface area (Å²) in [5, 5.41) is 9.44. The van der Waals surface area contributed by atoms with Crippen molar-refractivity contribution in [1.29, 1.82) is 0 Å². The highest BCUT2D eigenvalue weighted by Crippen LogP contribution is 2.35. The molecule has 1 aliphatic rings. The van der Waals surface area contributed by atoms with Gasteiger partial charge in [0.15, 0.2) is 0 Å². The second-order valence-corrected chi connectivity index (χ2v) is 5.98. The van der Waals surface area contributed by atoms with Crippen molar-refractivity contribution in [2.75, 3.05) is 13.2 Å². The maximum absolute atomic E-state index is 11.8. The molecule has 0 unspecified atom stereocenters. The van der Waals surface area contributed by atoms with Crippen LogP contribution in [0.4, 0.5) is 0 Å². The van der Waals surface area contributed by atoms with Crippen molar-refractivity contribution in [1.82, 2.24) is 14.9 Å². The number of hydrogen-bond acceptors (Lipinski definition) is 4. The Hall–Kier alpha value is -1.98. The lowest BCUT2D eigenvalue weighted by Crippen LogP contribution is -2.31. The number of aromatic nitrogens is 2. The summed E-state index contributed by atoms with van der Waals surface area (Å²) < 4.78 is 0. The van der Waals surface area contributed by atoms with Crippen molar-refractivity contribution in [3.05, 3.63) is 63.3 Å². The van der Waals surface area contributed by atoms with Crippen LogP contribution in [0.3, 0.4) is 0 Å². The number of benzene rings is 1. The zero-order chi connectivity index (χ0) is 16.2. The van der Waals surface area contributed by atoms with Crippen molar-refractivity contribution in [3.8, 4) is 0 Å². The minimum atomic E-state index is -0.109. The largest absolute Gasteiger partial charge is 0.395 e. The molecule has 0 saturated heterocycles. The zero-order valence-electron chi connectivity index (χ0n) is 13.5. The van der Waals surface area contributed by atoms with Crippen LogP contribution in [-0.4, -0.2) is 33.1 Å². The van der Waals surface area contributed by atoms with Gasteiger partial charge in [0.2, 0.25) is 0 Å². The average molecular weight is 313 g/mol. The molecule has 3 rings (SSSR count). The molecule has 2 aromatic rings. The topological polar surface area (TPSA) is 69.2 Å². The van der Waals surface area contributed by atoms with Gasteiger partial charge in [0.1, 0.15) is 5.82 Å². The van der Waals surface area contributed by atoms with Gasteiger partial charge >= 0.3 is 0 Å². The van der Waals surface area contributed by atoms with E-state index in [2.05, 4.69) is 39.1 Å². The molecule has 5 heteroatoms. The Bertz CT molecular complexity index is 726. The van der Waals surface area contributed by atoms with E-state index in [1.807, 2.05) is 6.92 Å². The number of aromatic amines is 1. The lowest BCUT2D eigenvalue weighted by molar-refractivity contribution is 0.139. The summed E-state index contributed by atoms with van der Waals surface area (Å²) in [6.45, 7) is 3.20. The Kier molecular flexibility index (Phi) is 4.88. The SMILES string of the molecule is CCc1cc(=O)[nH]c(CN(CCO)[C@@H]2CCc3ccccc32)n1. The third kappa shape index (κ3) is 3.51. The Balaban J connectivity index is 1.86. The van der Waals surface area contributed by atoms with Crippen LogP contribution in [-0.2, 0) is 19.4 Å². The minimum absolute atomic E-state index is 0.0936. The van der Waals surface area contributed by atoms with Gasteiger partial charge in [-0.05, 0) is 30.4 Å². The molecule has 0 aliphatic heterocycles. The van der Waals surface area contributed by atoms with Gasteiger partial charge in [-0.3, -0.25) is 9.69 Å². The first-order valence-electron chi connectivity index (χ1n) is 8.23. The Morgan fingerprint density at radius 2 is 2.22 bits per heavy atom. The molecule has 2 N–H and O–H groups in total. The van der Waals surface area contributed by atoms with Gasteiger partial charge in [-0.1, -0.05) is 31.2 Å². The fourth-order valence-corrected chi connectivity index (χ4v) is 3.40. The molecule has 0 radical (unpaired) electrons. The van der Waals surface area contributed by atoms with Crippen molar-refractivity contribution in [3.63, 3.8) is 0 Å². The molecular weight excluding hydrogens is 290 g/mol. The first-order chi connectivity index (χ1) is 11.2. The highest BCUT2D eigenvalue weighted by atomic mass is 16.3. The summed E-state index contributed by atoms with van der Waals surface area (Å²) in [5.41, 5.74) is 3.40. The van der Waals surface area contributed by atoms with Gasteiger partial charge in [0.25, 0.3) is 5.56 Å². The maximum Gasteiger partial charge on any atom is 0.251 e.